The zero-order chi connectivity index (χ0) is 15.2. The summed E-state index contributed by atoms with van der Waals surface area (Å²) in [5.41, 5.74) is 8.26. The minimum Gasteiger partial charge on any atom is -0.497 e. The second-order valence-electron chi connectivity index (χ2n) is 4.85. The van der Waals surface area contributed by atoms with Crippen molar-refractivity contribution in [3.05, 3.63) is 53.6 Å². The molecule has 0 radical (unpaired) electrons. The van der Waals surface area contributed by atoms with Gasteiger partial charge in [-0.05, 0) is 42.3 Å². The summed E-state index contributed by atoms with van der Waals surface area (Å²) >= 11 is 0. The fourth-order valence-electron chi connectivity index (χ4n) is 2.04. The van der Waals surface area contributed by atoms with Gasteiger partial charge in [0.2, 0.25) is 0 Å². The summed E-state index contributed by atoms with van der Waals surface area (Å²) in [7, 11) is 3.27. The molecular formula is C17H21NO3. The van der Waals surface area contributed by atoms with Crippen LogP contribution in [0.25, 0.3) is 0 Å². The van der Waals surface area contributed by atoms with E-state index in [0.29, 0.717) is 18.1 Å². The quantitative estimate of drug-likeness (QED) is 0.887. The third-order valence-electron chi connectivity index (χ3n) is 3.26. The minimum atomic E-state index is -0.230. The monoisotopic (exact) mass is 287 g/mol. The van der Waals surface area contributed by atoms with Gasteiger partial charge in [-0.3, -0.25) is 0 Å². The van der Waals surface area contributed by atoms with Crippen LogP contribution in [0.5, 0.6) is 17.2 Å². The lowest BCUT2D eigenvalue weighted by atomic mass is 10.1. The van der Waals surface area contributed by atoms with Crippen molar-refractivity contribution in [2.75, 3.05) is 20.8 Å². The van der Waals surface area contributed by atoms with Crippen molar-refractivity contribution in [3.63, 3.8) is 0 Å². The molecule has 112 valence electrons. The van der Waals surface area contributed by atoms with Crippen LogP contribution in [-0.2, 0) is 0 Å². The Morgan fingerprint density at radius 3 is 2.52 bits per heavy atom. The Kier molecular flexibility index (Phi) is 5.06. The summed E-state index contributed by atoms with van der Waals surface area (Å²) in [6.45, 7) is 2.38. The predicted octanol–water partition coefficient (Wildman–Crippen LogP) is 3.09. The van der Waals surface area contributed by atoms with Gasteiger partial charge in [-0.25, -0.2) is 0 Å². The lowest BCUT2D eigenvalue weighted by Gasteiger charge is -2.16. The lowest BCUT2D eigenvalue weighted by molar-refractivity contribution is 0.273. The van der Waals surface area contributed by atoms with E-state index in [0.717, 1.165) is 16.9 Å². The molecule has 0 spiro atoms. The molecule has 0 heterocycles. The number of benzene rings is 2. The summed E-state index contributed by atoms with van der Waals surface area (Å²) in [6, 6.07) is 13.3. The Morgan fingerprint density at radius 1 is 1.00 bits per heavy atom. The normalized spacial score (nSPS) is 11.8. The number of hydrogen-bond donors (Lipinski definition) is 1. The molecule has 1 unspecified atom stereocenters. The SMILES string of the molecule is COc1cccc(C(N)COc2ccc(C)cc2OC)c1. The number of ether oxygens (including phenoxy) is 3. The molecule has 0 aliphatic rings. The van der Waals surface area contributed by atoms with E-state index in [4.69, 9.17) is 19.9 Å². The van der Waals surface area contributed by atoms with Crippen molar-refractivity contribution in [2.45, 2.75) is 13.0 Å². The van der Waals surface area contributed by atoms with E-state index in [9.17, 15) is 0 Å². The van der Waals surface area contributed by atoms with Crippen LogP contribution in [0, 0.1) is 6.92 Å². The molecule has 1 atom stereocenters. The van der Waals surface area contributed by atoms with Crippen LogP contribution in [0.1, 0.15) is 17.2 Å². The molecule has 2 rings (SSSR count). The first-order valence-corrected chi connectivity index (χ1v) is 6.81. The van der Waals surface area contributed by atoms with Crippen molar-refractivity contribution in [3.8, 4) is 17.2 Å². The molecule has 2 N–H and O–H groups in total. The highest BCUT2D eigenvalue weighted by Crippen LogP contribution is 2.28. The predicted molar refractivity (Wildman–Crippen MR) is 83.1 cm³/mol. The number of methoxy groups -OCH3 is 2. The van der Waals surface area contributed by atoms with Gasteiger partial charge >= 0.3 is 0 Å². The zero-order valence-electron chi connectivity index (χ0n) is 12.6. The minimum absolute atomic E-state index is 0.230. The van der Waals surface area contributed by atoms with Crippen molar-refractivity contribution in [2.24, 2.45) is 5.73 Å². The first kappa shape index (κ1) is 15.2. The molecule has 2 aromatic carbocycles. The van der Waals surface area contributed by atoms with Gasteiger partial charge in [0.25, 0.3) is 0 Å². The van der Waals surface area contributed by atoms with Gasteiger partial charge in [-0.2, -0.15) is 0 Å². The van der Waals surface area contributed by atoms with E-state index in [-0.39, 0.29) is 6.04 Å². The maximum atomic E-state index is 6.17. The smallest absolute Gasteiger partial charge is 0.161 e. The lowest BCUT2D eigenvalue weighted by Crippen LogP contribution is -2.19. The Morgan fingerprint density at radius 2 is 1.81 bits per heavy atom. The molecule has 0 aliphatic heterocycles. The largest absolute Gasteiger partial charge is 0.497 e. The van der Waals surface area contributed by atoms with Gasteiger partial charge in [-0.1, -0.05) is 18.2 Å². The Labute approximate surface area is 125 Å². The van der Waals surface area contributed by atoms with Crippen LogP contribution in [0.2, 0.25) is 0 Å². The number of nitrogens with two attached hydrogens (primary N) is 1. The van der Waals surface area contributed by atoms with Gasteiger partial charge in [0.05, 0.1) is 20.3 Å². The second-order valence-corrected chi connectivity index (χ2v) is 4.85. The maximum absolute atomic E-state index is 6.17. The first-order valence-electron chi connectivity index (χ1n) is 6.81. The highest BCUT2D eigenvalue weighted by atomic mass is 16.5. The fraction of sp³-hybridized carbons (Fsp3) is 0.294. The van der Waals surface area contributed by atoms with Crippen LogP contribution < -0.4 is 19.9 Å². The number of rotatable bonds is 6. The van der Waals surface area contributed by atoms with Crippen LogP contribution in [0.3, 0.4) is 0 Å². The average Bonchev–Trinajstić information content (AvgIpc) is 2.53. The molecule has 4 nitrogen and oxygen atoms in total. The van der Waals surface area contributed by atoms with Crippen LogP contribution in [-0.4, -0.2) is 20.8 Å². The Hall–Kier alpha value is -2.20. The first-order chi connectivity index (χ1) is 10.1. The summed E-state index contributed by atoms with van der Waals surface area (Å²) in [6.07, 6.45) is 0. The maximum Gasteiger partial charge on any atom is 0.161 e. The van der Waals surface area contributed by atoms with Crippen molar-refractivity contribution >= 4 is 0 Å². The van der Waals surface area contributed by atoms with Gasteiger partial charge in [-0.15, -0.1) is 0 Å². The van der Waals surface area contributed by atoms with Crippen molar-refractivity contribution < 1.29 is 14.2 Å². The van der Waals surface area contributed by atoms with E-state index < -0.39 is 0 Å². The third-order valence-corrected chi connectivity index (χ3v) is 3.26. The molecule has 0 amide bonds. The van der Waals surface area contributed by atoms with E-state index in [1.165, 1.54) is 0 Å². The van der Waals surface area contributed by atoms with Gasteiger partial charge < -0.3 is 19.9 Å². The molecule has 0 aliphatic carbocycles. The third kappa shape index (κ3) is 3.89. The Bertz CT molecular complexity index is 598. The van der Waals surface area contributed by atoms with E-state index >= 15 is 0 Å². The van der Waals surface area contributed by atoms with Crippen molar-refractivity contribution in [1.29, 1.82) is 0 Å². The molecular weight excluding hydrogens is 266 g/mol. The van der Waals surface area contributed by atoms with E-state index in [2.05, 4.69) is 0 Å². The van der Waals surface area contributed by atoms with Crippen LogP contribution in [0.15, 0.2) is 42.5 Å². The molecule has 0 saturated carbocycles. The standard InChI is InChI=1S/C17H21NO3/c1-12-7-8-16(17(9-12)20-3)21-11-15(18)13-5-4-6-14(10-13)19-2/h4-10,15H,11,18H2,1-3H3. The highest BCUT2D eigenvalue weighted by Gasteiger charge is 2.10. The van der Waals surface area contributed by atoms with Gasteiger partial charge in [0.1, 0.15) is 12.4 Å². The van der Waals surface area contributed by atoms with Crippen molar-refractivity contribution in [1.82, 2.24) is 0 Å². The number of aryl methyl sites for hydroxylation is 1. The summed E-state index contributed by atoms with van der Waals surface area (Å²) < 4.78 is 16.3. The van der Waals surface area contributed by atoms with Gasteiger partial charge in [0, 0.05) is 0 Å². The topological polar surface area (TPSA) is 53.7 Å². The van der Waals surface area contributed by atoms with Crippen LogP contribution >= 0.6 is 0 Å². The molecule has 2 aromatic rings. The highest BCUT2D eigenvalue weighted by molar-refractivity contribution is 5.42. The van der Waals surface area contributed by atoms with E-state index in [1.54, 1.807) is 14.2 Å². The van der Waals surface area contributed by atoms with Crippen LogP contribution in [0.4, 0.5) is 0 Å². The van der Waals surface area contributed by atoms with Gasteiger partial charge in [0.15, 0.2) is 11.5 Å². The number of hydrogen-bond acceptors (Lipinski definition) is 4. The summed E-state index contributed by atoms with van der Waals surface area (Å²) in [4.78, 5) is 0. The molecule has 0 saturated heterocycles. The molecule has 4 heteroatoms. The molecule has 0 bridgehead atoms. The Balaban J connectivity index is 2.05. The zero-order valence-corrected chi connectivity index (χ0v) is 12.6. The molecule has 0 fully saturated rings. The molecule has 21 heavy (non-hydrogen) atoms. The fourth-order valence-corrected chi connectivity index (χ4v) is 2.04. The summed E-state index contributed by atoms with van der Waals surface area (Å²) in [5.74, 6) is 2.20. The molecule has 0 aromatic heterocycles. The van der Waals surface area contributed by atoms with E-state index in [1.807, 2.05) is 49.4 Å². The second kappa shape index (κ2) is 6.99. The summed E-state index contributed by atoms with van der Waals surface area (Å²) in [5, 5.41) is 0. The average molecular weight is 287 g/mol.